The van der Waals surface area contributed by atoms with E-state index in [0.29, 0.717) is 18.1 Å². The fraction of sp³-hybridized carbons (Fsp3) is 0.176. The lowest BCUT2D eigenvalue weighted by atomic mass is 10.2. The molecule has 0 bridgehead atoms. The van der Waals surface area contributed by atoms with Gasteiger partial charge in [0.25, 0.3) is 0 Å². The second-order valence-corrected chi connectivity index (χ2v) is 6.16. The van der Waals surface area contributed by atoms with Crippen LogP contribution in [-0.2, 0) is 6.61 Å². The van der Waals surface area contributed by atoms with Gasteiger partial charge in [0.1, 0.15) is 13.2 Å². The van der Waals surface area contributed by atoms with E-state index in [1.165, 1.54) is 0 Å². The van der Waals surface area contributed by atoms with Gasteiger partial charge >= 0.3 is 0 Å². The first-order chi connectivity index (χ1) is 10.8. The van der Waals surface area contributed by atoms with Crippen molar-refractivity contribution in [1.29, 1.82) is 0 Å². The molecule has 22 heavy (non-hydrogen) atoms. The van der Waals surface area contributed by atoms with E-state index in [1.54, 1.807) is 11.3 Å². The Labute approximate surface area is 137 Å². The molecule has 0 fully saturated rings. The summed E-state index contributed by atoms with van der Waals surface area (Å²) >= 11 is 8.04. The van der Waals surface area contributed by atoms with Crippen LogP contribution in [0.2, 0.25) is 5.02 Å². The van der Waals surface area contributed by atoms with Gasteiger partial charge in [-0.2, -0.15) is 0 Å². The monoisotopic (exact) mass is 334 g/mol. The second kappa shape index (κ2) is 7.01. The smallest absolute Gasteiger partial charge is 0.161 e. The first-order valence-corrected chi connectivity index (χ1v) is 8.10. The maximum Gasteiger partial charge on any atom is 0.161 e. The van der Waals surface area contributed by atoms with Crippen LogP contribution in [0.5, 0.6) is 11.5 Å². The van der Waals surface area contributed by atoms with E-state index in [-0.39, 0.29) is 13.2 Å². The van der Waals surface area contributed by atoms with Crippen molar-refractivity contribution < 1.29 is 14.6 Å². The minimum atomic E-state index is -0.0313. The molecule has 2 aromatic carbocycles. The number of thiophene rings is 1. The highest BCUT2D eigenvalue weighted by molar-refractivity contribution is 7.19. The van der Waals surface area contributed by atoms with Crippen LogP contribution in [0.25, 0.3) is 10.1 Å². The summed E-state index contributed by atoms with van der Waals surface area (Å²) in [5.41, 5.74) is 0. The number of hydrogen-bond acceptors (Lipinski definition) is 4. The number of aliphatic hydroxyl groups is 1. The summed E-state index contributed by atoms with van der Waals surface area (Å²) in [5, 5.41) is 10.7. The molecule has 0 radical (unpaired) electrons. The van der Waals surface area contributed by atoms with Crippen LogP contribution < -0.4 is 9.47 Å². The largest absolute Gasteiger partial charge is 0.487 e. The Kier molecular flexibility index (Phi) is 4.83. The van der Waals surface area contributed by atoms with Gasteiger partial charge in [-0.05, 0) is 18.2 Å². The van der Waals surface area contributed by atoms with E-state index in [2.05, 4.69) is 0 Å². The molecule has 0 aliphatic carbocycles. The highest BCUT2D eigenvalue weighted by atomic mass is 35.5. The van der Waals surface area contributed by atoms with Gasteiger partial charge in [0.05, 0.1) is 16.5 Å². The molecule has 114 valence electrons. The van der Waals surface area contributed by atoms with Crippen molar-refractivity contribution in [1.82, 2.24) is 0 Å². The third-order valence-corrected chi connectivity index (χ3v) is 4.85. The van der Waals surface area contributed by atoms with Gasteiger partial charge in [-0.15, -0.1) is 11.3 Å². The van der Waals surface area contributed by atoms with Gasteiger partial charge in [-0.3, -0.25) is 0 Å². The Bertz CT molecular complexity index is 769. The molecule has 0 saturated carbocycles. The van der Waals surface area contributed by atoms with Crippen LogP contribution in [0.3, 0.4) is 0 Å². The molecule has 0 unspecified atom stereocenters. The second-order valence-electron chi connectivity index (χ2n) is 4.64. The molecule has 1 aromatic heterocycles. The molecule has 0 atom stereocenters. The summed E-state index contributed by atoms with van der Waals surface area (Å²) in [6.45, 7) is 0.595. The third-order valence-electron chi connectivity index (χ3n) is 3.16. The maximum atomic E-state index is 8.86. The molecule has 0 saturated heterocycles. The van der Waals surface area contributed by atoms with Gasteiger partial charge in [0.15, 0.2) is 11.5 Å². The van der Waals surface area contributed by atoms with E-state index >= 15 is 0 Å². The first kappa shape index (κ1) is 15.2. The zero-order valence-corrected chi connectivity index (χ0v) is 13.4. The number of halogens is 1. The lowest BCUT2D eigenvalue weighted by Gasteiger charge is -2.11. The number of ether oxygens (including phenoxy) is 2. The number of fused-ring (bicyclic) bond motifs is 1. The predicted octanol–water partition coefficient (Wildman–Crippen LogP) is 4.50. The van der Waals surface area contributed by atoms with E-state index in [9.17, 15) is 0 Å². The van der Waals surface area contributed by atoms with Crippen LogP contribution in [0.1, 0.15) is 4.88 Å². The SMILES string of the molecule is OCCOc1ccccc1OCc1sc2ccccc2c1Cl. The van der Waals surface area contributed by atoms with Crippen molar-refractivity contribution in [3.8, 4) is 11.5 Å². The molecule has 3 aromatic rings. The summed E-state index contributed by atoms with van der Waals surface area (Å²) in [5.74, 6) is 1.26. The zero-order valence-electron chi connectivity index (χ0n) is 11.8. The van der Waals surface area contributed by atoms with Crippen LogP contribution in [-0.4, -0.2) is 18.3 Å². The lowest BCUT2D eigenvalue weighted by molar-refractivity contribution is 0.192. The summed E-state index contributed by atoms with van der Waals surface area (Å²) in [6.07, 6.45) is 0. The van der Waals surface area contributed by atoms with E-state index < -0.39 is 0 Å². The third kappa shape index (κ3) is 3.19. The fourth-order valence-electron chi connectivity index (χ4n) is 2.15. The Morgan fingerprint density at radius 2 is 1.64 bits per heavy atom. The summed E-state index contributed by atoms with van der Waals surface area (Å²) < 4.78 is 12.5. The minimum absolute atomic E-state index is 0.0313. The van der Waals surface area contributed by atoms with Gasteiger partial charge in [-0.25, -0.2) is 0 Å². The minimum Gasteiger partial charge on any atom is -0.487 e. The van der Waals surface area contributed by atoms with Crippen molar-refractivity contribution in [2.45, 2.75) is 6.61 Å². The Morgan fingerprint density at radius 1 is 0.955 bits per heavy atom. The predicted molar refractivity (Wildman–Crippen MR) is 90.2 cm³/mol. The molecule has 0 aliphatic rings. The van der Waals surface area contributed by atoms with Crippen molar-refractivity contribution in [3.05, 3.63) is 58.4 Å². The highest BCUT2D eigenvalue weighted by Crippen LogP contribution is 2.36. The first-order valence-electron chi connectivity index (χ1n) is 6.91. The summed E-state index contributed by atoms with van der Waals surface area (Å²) in [4.78, 5) is 0.986. The molecule has 1 heterocycles. The van der Waals surface area contributed by atoms with Crippen LogP contribution in [0.4, 0.5) is 0 Å². The number of para-hydroxylation sites is 2. The van der Waals surface area contributed by atoms with E-state index in [0.717, 1.165) is 20.0 Å². The molecule has 3 rings (SSSR count). The quantitative estimate of drug-likeness (QED) is 0.721. The van der Waals surface area contributed by atoms with Gasteiger partial charge in [0.2, 0.25) is 0 Å². The average molecular weight is 335 g/mol. The molecule has 3 nitrogen and oxygen atoms in total. The lowest BCUT2D eigenvalue weighted by Crippen LogP contribution is -2.03. The van der Waals surface area contributed by atoms with Crippen LogP contribution in [0, 0.1) is 0 Å². The number of aliphatic hydroxyl groups excluding tert-OH is 1. The van der Waals surface area contributed by atoms with Crippen LogP contribution >= 0.6 is 22.9 Å². The normalized spacial score (nSPS) is 10.8. The van der Waals surface area contributed by atoms with Crippen LogP contribution in [0.15, 0.2) is 48.5 Å². The van der Waals surface area contributed by atoms with E-state index in [4.69, 9.17) is 26.2 Å². The Balaban J connectivity index is 1.78. The number of rotatable bonds is 6. The van der Waals surface area contributed by atoms with Crippen molar-refractivity contribution in [2.75, 3.05) is 13.2 Å². The highest BCUT2D eigenvalue weighted by Gasteiger charge is 2.11. The molecule has 0 spiro atoms. The van der Waals surface area contributed by atoms with Gasteiger partial charge in [0, 0.05) is 10.1 Å². The summed E-state index contributed by atoms with van der Waals surface area (Å²) in [6, 6.07) is 15.4. The Hall–Kier alpha value is -1.75. The summed E-state index contributed by atoms with van der Waals surface area (Å²) in [7, 11) is 0. The molecule has 5 heteroatoms. The Morgan fingerprint density at radius 3 is 2.36 bits per heavy atom. The zero-order chi connectivity index (χ0) is 15.4. The maximum absolute atomic E-state index is 8.86. The standard InChI is InChI=1S/C17H15ClO3S/c18-17-12-5-1-4-8-15(12)22-16(17)11-21-14-7-3-2-6-13(14)20-10-9-19/h1-8,19H,9-11H2. The van der Waals surface area contributed by atoms with Crippen molar-refractivity contribution >= 4 is 33.0 Å². The molecular weight excluding hydrogens is 320 g/mol. The molecule has 0 amide bonds. The molecule has 1 N–H and O–H groups in total. The fourth-order valence-corrected chi connectivity index (χ4v) is 3.55. The molecular formula is C17H15ClO3S. The van der Waals surface area contributed by atoms with E-state index in [1.807, 2.05) is 48.5 Å². The molecule has 0 aliphatic heterocycles. The van der Waals surface area contributed by atoms with Gasteiger partial charge < -0.3 is 14.6 Å². The average Bonchev–Trinajstić information content (AvgIpc) is 2.88. The van der Waals surface area contributed by atoms with Crippen molar-refractivity contribution in [3.63, 3.8) is 0 Å². The number of benzene rings is 2. The number of hydrogen-bond donors (Lipinski definition) is 1. The van der Waals surface area contributed by atoms with Gasteiger partial charge in [-0.1, -0.05) is 41.9 Å². The van der Waals surface area contributed by atoms with Crippen molar-refractivity contribution in [2.24, 2.45) is 0 Å². The topological polar surface area (TPSA) is 38.7 Å².